The van der Waals surface area contributed by atoms with Gasteiger partial charge in [-0.15, -0.1) is 12.6 Å². The molecule has 1 aromatic rings. The molecule has 2 rings (SSSR count). The first kappa shape index (κ1) is 12.0. The standard InChI is InChI=1S/C15H22S/c1-10(2)15(11(3)4)8-7-12-9-13(16)5-6-14(12)15/h5-6,9-11,16H,7-8H2,1-4H3. The van der Waals surface area contributed by atoms with E-state index in [2.05, 4.69) is 58.5 Å². The third kappa shape index (κ3) is 1.60. The molecule has 0 heterocycles. The number of fused-ring (bicyclic) bond motifs is 1. The van der Waals surface area contributed by atoms with Crippen LogP contribution in [0.4, 0.5) is 0 Å². The summed E-state index contributed by atoms with van der Waals surface area (Å²) < 4.78 is 0. The average Bonchev–Trinajstić information content (AvgIpc) is 2.56. The first-order chi connectivity index (χ1) is 7.48. The van der Waals surface area contributed by atoms with Gasteiger partial charge in [0, 0.05) is 10.3 Å². The van der Waals surface area contributed by atoms with Crippen molar-refractivity contribution in [3.63, 3.8) is 0 Å². The minimum absolute atomic E-state index is 0.386. The molecule has 0 atom stereocenters. The summed E-state index contributed by atoms with van der Waals surface area (Å²) in [5.74, 6) is 1.42. The number of hydrogen-bond donors (Lipinski definition) is 1. The summed E-state index contributed by atoms with van der Waals surface area (Å²) in [4.78, 5) is 1.10. The fourth-order valence-corrected chi connectivity index (χ4v) is 3.81. The second kappa shape index (κ2) is 4.10. The van der Waals surface area contributed by atoms with Gasteiger partial charge >= 0.3 is 0 Å². The van der Waals surface area contributed by atoms with E-state index < -0.39 is 0 Å². The first-order valence-corrected chi connectivity index (χ1v) is 6.75. The number of aryl methyl sites for hydroxylation is 1. The normalized spacial score (nSPS) is 18.2. The smallest absolute Gasteiger partial charge is 0.00429 e. The number of benzene rings is 1. The fourth-order valence-electron chi connectivity index (χ4n) is 3.58. The van der Waals surface area contributed by atoms with E-state index in [9.17, 15) is 0 Å². The van der Waals surface area contributed by atoms with E-state index >= 15 is 0 Å². The van der Waals surface area contributed by atoms with Gasteiger partial charge in [-0.2, -0.15) is 0 Å². The van der Waals surface area contributed by atoms with Crippen molar-refractivity contribution in [1.29, 1.82) is 0 Å². The maximum absolute atomic E-state index is 4.44. The molecule has 0 bridgehead atoms. The summed E-state index contributed by atoms with van der Waals surface area (Å²) in [6.45, 7) is 9.46. The SMILES string of the molecule is CC(C)C1(C(C)C)CCc2cc(S)ccc21. The van der Waals surface area contributed by atoms with Crippen molar-refractivity contribution in [2.24, 2.45) is 11.8 Å². The Bertz CT molecular complexity index is 382. The number of hydrogen-bond acceptors (Lipinski definition) is 1. The molecule has 0 nitrogen and oxygen atoms in total. The number of thiol groups is 1. The lowest BCUT2D eigenvalue weighted by Crippen LogP contribution is -2.35. The molecule has 0 saturated heterocycles. The van der Waals surface area contributed by atoms with Gasteiger partial charge in [-0.05, 0) is 47.9 Å². The van der Waals surface area contributed by atoms with Gasteiger partial charge in [-0.3, -0.25) is 0 Å². The van der Waals surface area contributed by atoms with Crippen molar-refractivity contribution >= 4 is 12.6 Å². The van der Waals surface area contributed by atoms with Gasteiger partial charge < -0.3 is 0 Å². The van der Waals surface area contributed by atoms with Gasteiger partial charge in [0.2, 0.25) is 0 Å². The summed E-state index contributed by atoms with van der Waals surface area (Å²) in [7, 11) is 0. The Morgan fingerprint density at radius 3 is 2.31 bits per heavy atom. The van der Waals surface area contributed by atoms with Crippen LogP contribution in [0.5, 0.6) is 0 Å². The van der Waals surface area contributed by atoms with Crippen LogP contribution in [0.25, 0.3) is 0 Å². The molecule has 0 spiro atoms. The van der Waals surface area contributed by atoms with Gasteiger partial charge in [0.25, 0.3) is 0 Å². The molecular weight excluding hydrogens is 212 g/mol. The van der Waals surface area contributed by atoms with Gasteiger partial charge in [-0.1, -0.05) is 33.8 Å². The van der Waals surface area contributed by atoms with Gasteiger partial charge in [0.05, 0.1) is 0 Å². The molecule has 0 aliphatic heterocycles. The Hall–Kier alpha value is -0.430. The highest BCUT2D eigenvalue weighted by Crippen LogP contribution is 2.49. The predicted octanol–water partition coefficient (Wildman–Crippen LogP) is 4.47. The van der Waals surface area contributed by atoms with E-state index in [0.717, 1.165) is 4.90 Å². The van der Waals surface area contributed by atoms with Crippen LogP contribution >= 0.6 is 12.6 Å². The van der Waals surface area contributed by atoms with Gasteiger partial charge in [0.1, 0.15) is 0 Å². The lowest BCUT2D eigenvalue weighted by Gasteiger charge is -2.39. The van der Waals surface area contributed by atoms with Crippen LogP contribution in [0.1, 0.15) is 45.2 Å². The third-order valence-electron chi connectivity index (χ3n) is 4.46. The van der Waals surface area contributed by atoms with Crippen LogP contribution in [0, 0.1) is 11.8 Å². The zero-order valence-corrected chi connectivity index (χ0v) is 11.6. The molecule has 0 N–H and O–H groups in total. The van der Waals surface area contributed by atoms with E-state index in [1.807, 2.05) is 0 Å². The highest BCUT2D eigenvalue weighted by atomic mass is 32.1. The monoisotopic (exact) mass is 234 g/mol. The molecule has 1 aromatic carbocycles. The summed E-state index contributed by atoms with van der Waals surface area (Å²) in [6.07, 6.45) is 2.52. The van der Waals surface area contributed by atoms with Gasteiger partial charge in [-0.25, -0.2) is 0 Å². The summed E-state index contributed by atoms with van der Waals surface area (Å²) >= 11 is 4.44. The van der Waals surface area contributed by atoms with Crippen molar-refractivity contribution in [3.8, 4) is 0 Å². The van der Waals surface area contributed by atoms with Crippen molar-refractivity contribution in [3.05, 3.63) is 29.3 Å². The van der Waals surface area contributed by atoms with E-state index in [1.54, 1.807) is 5.56 Å². The van der Waals surface area contributed by atoms with Crippen LogP contribution in [-0.2, 0) is 11.8 Å². The fraction of sp³-hybridized carbons (Fsp3) is 0.600. The minimum atomic E-state index is 0.386. The van der Waals surface area contributed by atoms with Crippen LogP contribution < -0.4 is 0 Å². The molecule has 1 aliphatic carbocycles. The topological polar surface area (TPSA) is 0 Å². The van der Waals surface area contributed by atoms with E-state index in [1.165, 1.54) is 18.4 Å². The van der Waals surface area contributed by atoms with Crippen LogP contribution in [0.3, 0.4) is 0 Å². The summed E-state index contributed by atoms with van der Waals surface area (Å²) in [5.41, 5.74) is 3.49. The van der Waals surface area contributed by atoms with E-state index in [0.29, 0.717) is 17.3 Å². The largest absolute Gasteiger partial charge is 0.143 e. The molecular formula is C15H22S. The lowest BCUT2D eigenvalue weighted by molar-refractivity contribution is 0.218. The molecule has 0 amide bonds. The predicted molar refractivity (Wildman–Crippen MR) is 73.4 cm³/mol. The van der Waals surface area contributed by atoms with Crippen molar-refractivity contribution in [2.75, 3.05) is 0 Å². The first-order valence-electron chi connectivity index (χ1n) is 6.31. The zero-order valence-electron chi connectivity index (χ0n) is 10.7. The molecule has 1 heteroatoms. The molecule has 0 fully saturated rings. The minimum Gasteiger partial charge on any atom is -0.143 e. The molecule has 16 heavy (non-hydrogen) atoms. The summed E-state index contributed by atoms with van der Waals surface area (Å²) in [6, 6.07) is 6.71. The molecule has 0 aromatic heterocycles. The average molecular weight is 234 g/mol. The Morgan fingerprint density at radius 2 is 1.75 bits per heavy atom. The quantitative estimate of drug-likeness (QED) is 0.717. The van der Waals surface area contributed by atoms with Gasteiger partial charge in [0.15, 0.2) is 0 Å². The molecule has 0 radical (unpaired) electrons. The Labute approximate surface area is 105 Å². The Morgan fingerprint density at radius 1 is 1.12 bits per heavy atom. The molecule has 0 saturated carbocycles. The van der Waals surface area contributed by atoms with E-state index in [-0.39, 0.29) is 0 Å². The number of rotatable bonds is 2. The molecule has 0 unspecified atom stereocenters. The maximum atomic E-state index is 4.44. The Balaban J connectivity index is 2.55. The molecule has 88 valence electrons. The summed E-state index contributed by atoms with van der Waals surface area (Å²) in [5, 5.41) is 0. The van der Waals surface area contributed by atoms with Crippen LogP contribution in [0.15, 0.2) is 23.1 Å². The lowest BCUT2D eigenvalue weighted by atomic mass is 9.65. The van der Waals surface area contributed by atoms with E-state index in [4.69, 9.17) is 0 Å². The highest BCUT2D eigenvalue weighted by molar-refractivity contribution is 7.80. The highest BCUT2D eigenvalue weighted by Gasteiger charge is 2.43. The van der Waals surface area contributed by atoms with Crippen molar-refractivity contribution in [2.45, 2.75) is 50.8 Å². The maximum Gasteiger partial charge on any atom is 0.00429 e. The van der Waals surface area contributed by atoms with Crippen molar-refractivity contribution in [1.82, 2.24) is 0 Å². The zero-order chi connectivity index (χ0) is 11.9. The Kier molecular flexibility index (Phi) is 3.09. The van der Waals surface area contributed by atoms with Crippen LogP contribution in [0.2, 0.25) is 0 Å². The third-order valence-corrected chi connectivity index (χ3v) is 4.74. The second-order valence-electron chi connectivity index (χ2n) is 5.69. The second-order valence-corrected chi connectivity index (χ2v) is 6.21. The molecule has 1 aliphatic rings. The van der Waals surface area contributed by atoms with Crippen molar-refractivity contribution < 1.29 is 0 Å². The van der Waals surface area contributed by atoms with Crippen LogP contribution in [-0.4, -0.2) is 0 Å².